The zero-order valence-electron chi connectivity index (χ0n) is 12.5. The maximum Gasteiger partial charge on any atom is 0.323 e. The minimum absolute atomic E-state index is 0.0253. The van der Waals surface area contributed by atoms with Gasteiger partial charge in [0.15, 0.2) is 0 Å². The third-order valence-corrected chi connectivity index (χ3v) is 2.97. The SMILES string of the molecule is CCCOc1nc(NCC)nc(NC2CCCNC2=O)n1. The molecule has 1 atom stereocenters. The summed E-state index contributed by atoms with van der Waals surface area (Å²) in [5, 5.41) is 8.90. The van der Waals surface area contributed by atoms with Crippen molar-refractivity contribution in [3.63, 3.8) is 0 Å². The van der Waals surface area contributed by atoms with E-state index in [4.69, 9.17) is 4.74 Å². The van der Waals surface area contributed by atoms with Crippen molar-refractivity contribution in [2.75, 3.05) is 30.3 Å². The summed E-state index contributed by atoms with van der Waals surface area (Å²) in [6, 6.07) is -0.0452. The molecule has 1 unspecified atom stereocenters. The van der Waals surface area contributed by atoms with Crippen LogP contribution in [0.25, 0.3) is 0 Å². The van der Waals surface area contributed by atoms with Gasteiger partial charge in [0.1, 0.15) is 6.04 Å². The van der Waals surface area contributed by atoms with E-state index in [0.717, 1.165) is 25.8 Å². The molecule has 0 aliphatic carbocycles. The summed E-state index contributed by atoms with van der Waals surface area (Å²) in [5.41, 5.74) is 0. The molecule has 1 aliphatic rings. The normalized spacial score (nSPS) is 18.0. The lowest BCUT2D eigenvalue weighted by Gasteiger charge is -2.22. The average molecular weight is 294 g/mol. The Bertz CT molecular complexity index is 482. The van der Waals surface area contributed by atoms with Crippen LogP contribution in [0.1, 0.15) is 33.1 Å². The van der Waals surface area contributed by atoms with Gasteiger partial charge in [-0.15, -0.1) is 0 Å². The van der Waals surface area contributed by atoms with Crippen LogP contribution in [0.4, 0.5) is 11.9 Å². The van der Waals surface area contributed by atoms with Gasteiger partial charge in [-0.2, -0.15) is 15.0 Å². The van der Waals surface area contributed by atoms with Crippen LogP contribution in [0.15, 0.2) is 0 Å². The summed E-state index contributed by atoms with van der Waals surface area (Å²) >= 11 is 0. The van der Waals surface area contributed by atoms with Crippen LogP contribution in [0.5, 0.6) is 6.01 Å². The monoisotopic (exact) mass is 294 g/mol. The summed E-state index contributed by atoms with van der Waals surface area (Å²) in [4.78, 5) is 24.4. The number of piperidine rings is 1. The molecule has 0 saturated carbocycles. The molecule has 0 aromatic carbocycles. The first-order valence-electron chi connectivity index (χ1n) is 7.40. The Morgan fingerprint density at radius 2 is 2.10 bits per heavy atom. The number of nitrogens with one attached hydrogen (secondary N) is 3. The molecular formula is C13H22N6O2. The fourth-order valence-electron chi connectivity index (χ4n) is 1.98. The molecule has 0 radical (unpaired) electrons. The molecule has 0 bridgehead atoms. The van der Waals surface area contributed by atoms with Gasteiger partial charge in [-0.25, -0.2) is 0 Å². The molecule has 2 rings (SSSR count). The molecule has 1 aromatic rings. The second-order valence-corrected chi connectivity index (χ2v) is 4.77. The highest BCUT2D eigenvalue weighted by atomic mass is 16.5. The fraction of sp³-hybridized carbons (Fsp3) is 0.692. The molecule has 3 N–H and O–H groups in total. The third kappa shape index (κ3) is 4.44. The zero-order chi connectivity index (χ0) is 15.1. The Morgan fingerprint density at radius 3 is 2.81 bits per heavy atom. The zero-order valence-corrected chi connectivity index (χ0v) is 12.5. The Morgan fingerprint density at radius 1 is 1.29 bits per heavy atom. The summed E-state index contributed by atoms with van der Waals surface area (Å²) in [7, 11) is 0. The second-order valence-electron chi connectivity index (χ2n) is 4.77. The number of amides is 1. The van der Waals surface area contributed by atoms with Gasteiger partial charge < -0.3 is 20.7 Å². The van der Waals surface area contributed by atoms with Gasteiger partial charge in [0.2, 0.25) is 17.8 Å². The predicted molar refractivity (Wildman–Crippen MR) is 79.4 cm³/mol. The average Bonchev–Trinajstić information content (AvgIpc) is 2.48. The van der Waals surface area contributed by atoms with Crippen molar-refractivity contribution in [1.29, 1.82) is 0 Å². The standard InChI is InChI=1S/C13H22N6O2/c1-3-8-21-13-18-11(14-4-2)17-12(19-13)16-9-6-5-7-15-10(9)20/h9H,3-8H2,1-2H3,(H,15,20)(H2,14,16,17,18,19). The van der Waals surface area contributed by atoms with Gasteiger partial charge in [0, 0.05) is 13.1 Å². The van der Waals surface area contributed by atoms with Gasteiger partial charge in [-0.3, -0.25) is 4.79 Å². The molecule has 1 saturated heterocycles. The highest BCUT2D eigenvalue weighted by Gasteiger charge is 2.23. The second kappa shape index (κ2) is 7.61. The first-order valence-corrected chi connectivity index (χ1v) is 7.40. The van der Waals surface area contributed by atoms with Crippen LogP contribution >= 0.6 is 0 Å². The van der Waals surface area contributed by atoms with Crippen molar-refractivity contribution >= 4 is 17.8 Å². The predicted octanol–water partition coefficient (Wildman–Crippen LogP) is 0.783. The van der Waals surface area contributed by atoms with Gasteiger partial charge in [0.05, 0.1) is 6.61 Å². The van der Waals surface area contributed by atoms with Crippen LogP contribution in [0.3, 0.4) is 0 Å². The number of carbonyl (C=O) groups excluding carboxylic acids is 1. The maximum atomic E-state index is 11.8. The van der Waals surface area contributed by atoms with E-state index in [9.17, 15) is 4.79 Å². The van der Waals surface area contributed by atoms with Crippen molar-refractivity contribution in [2.45, 2.75) is 39.2 Å². The molecule has 116 valence electrons. The fourth-order valence-corrected chi connectivity index (χ4v) is 1.98. The largest absolute Gasteiger partial charge is 0.463 e. The van der Waals surface area contributed by atoms with Gasteiger partial charge in [-0.1, -0.05) is 6.92 Å². The minimum Gasteiger partial charge on any atom is -0.463 e. The van der Waals surface area contributed by atoms with E-state index in [0.29, 0.717) is 25.0 Å². The van der Waals surface area contributed by atoms with Crippen LogP contribution in [0, 0.1) is 0 Å². The summed E-state index contributed by atoms with van der Waals surface area (Å²) in [6.45, 7) is 5.93. The Balaban J connectivity index is 2.12. The summed E-state index contributed by atoms with van der Waals surface area (Å²) in [6.07, 6.45) is 2.57. The van der Waals surface area contributed by atoms with E-state index in [2.05, 4.69) is 30.9 Å². The van der Waals surface area contributed by atoms with E-state index < -0.39 is 0 Å². The molecule has 0 spiro atoms. The first-order chi connectivity index (χ1) is 10.2. The number of hydrogen-bond donors (Lipinski definition) is 3. The third-order valence-electron chi connectivity index (χ3n) is 2.97. The Labute approximate surface area is 124 Å². The van der Waals surface area contributed by atoms with Crippen molar-refractivity contribution < 1.29 is 9.53 Å². The molecule has 1 aliphatic heterocycles. The van der Waals surface area contributed by atoms with Crippen molar-refractivity contribution in [3.05, 3.63) is 0 Å². The van der Waals surface area contributed by atoms with E-state index in [-0.39, 0.29) is 18.0 Å². The summed E-state index contributed by atoms with van der Waals surface area (Å²) < 4.78 is 5.46. The number of nitrogens with zero attached hydrogens (tertiary/aromatic N) is 3. The molecule has 8 nitrogen and oxygen atoms in total. The molecule has 21 heavy (non-hydrogen) atoms. The van der Waals surface area contributed by atoms with Crippen molar-refractivity contribution in [1.82, 2.24) is 20.3 Å². The van der Waals surface area contributed by atoms with Gasteiger partial charge in [-0.05, 0) is 26.2 Å². The molecular weight excluding hydrogens is 272 g/mol. The lowest BCUT2D eigenvalue weighted by atomic mass is 10.1. The van der Waals surface area contributed by atoms with Crippen LogP contribution in [0.2, 0.25) is 0 Å². The minimum atomic E-state index is -0.311. The lowest BCUT2D eigenvalue weighted by molar-refractivity contribution is -0.123. The van der Waals surface area contributed by atoms with Crippen molar-refractivity contribution in [2.24, 2.45) is 0 Å². The highest BCUT2D eigenvalue weighted by Crippen LogP contribution is 2.14. The quantitative estimate of drug-likeness (QED) is 0.683. The lowest BCUT2D eigenvalue weighted by Crippen LogP contribution is -2.44. The number of rotatable bonds is 7. The maximum absolute atomic E-state index is 11.8. The van der Waals surface area contributed by atoms with Gasteiger partial charge >= 0.3 is 6.01 Å². The molecule has 1 aromatic heterocycles. The number of hydrogen-bond acceptors (Lipinski definition) is 7. The molecule has 8 heteroatoms. The highest BCUT2D eigenvalue weighted by molar-refractivity contribution is 5.84. The number of anilines is 2. The van der Waals surface area contributed by atoms with Crippen molar-refractivity contribution in [3.8, 4) is 6.01 Å². The van der Waals surface area contributed by atoms with Crippen LogP contribution in [-0.2, 0) is 4.79 Å². The summed E-state index contributed by atoms with van der Waals surface area (Å²) in [5.74, 6) is 0.772. The van der Waals surface area contributed by atoms with Crippen LogP contribution < -0.4 is 20.7 Å². The van der Waals surface area contributed by atoms with Gasteiger partial charge in [0.25, 0.3) is 0 Å². The van der Waals surface area contributed by atoms with E-state index in [1.54, 1.807) is 0 Å². The number of ether oxygens (including phenoxy) is 1. The van der Waals surface area contributed by atoms with Crippen LogP contribution in [-0.4, -0.2) is 46.6 Å². The Hall–Kier alpha value is -2.12. The van der Waals surface area contributed by atoms with E-state index in [1.165, 1.54) is 0 Å². The number of aromatic nitrogens is 3. The van der Waals surface area contributed by atoms with E-state index in [1.807, 2.05) is 13.8 Å². The first kappa shape index (κ1) is 15.3. The number of carbonyl (C=O) groups is 1. The van der Waals surface area contributed by atoms with E-state index >= 15 is 0 Å². The smallest absolute Gasteiger partial charge is 0.323 e. The molecule has 2 heterocycles. The molecule has 1 fully saturated rings. The molecule has 1 amide bonds. The topological polar surface area (TPSA) is 101 Å². The Kier molecular flexibility index (Phi) is 5.53.